The lowest BCUT2D eigenvalue weighted by Crippen LogP contribution is -2.26. The van der Waals surface area contributed by atoms with Gasteiger partial charge in [0.15, 0.2) is 0 Å². The van der Waals surface area contributed by atoms with Crippen molar-refractivity contribution >= 4 is 0 Å². The molecule has 112 valence electrons. The van der Waals surface area contributed by atoms with Gasteiger partial charge in [0.2, 0.25) is 0 Å². The lowest BCUT2D eigenvalue weighted by atomic mass is 9.84. The van der Waals surface area contributed by atoms with Gasteiger partial charge in [-0.25, -0.2) is 0 Å². The molecule has 0 saturated heterocycles. The van der Waals surface area contributed by atoms with Crippen molar-refractivity contribution in [3.63, 3.8) is 0 Å². The van der Waals surface area contributed by atoms with Crippen molar-refractivity contribution in [2.24, 2.45) is 11.8 Å². The SMILES string of the molecule is CCOc1ccccc1C1(O)CCCC(C(C)C)CC1. The molecular formula is C18H28O2. The Morgan fingerprint density at radius 1 is 1.25 bits per heavy atom. The zero-order chi connectivity index (χ0) is 14.6. The van der Waals surface area contributed by atoms with Crippen molar-refractivity contribution in [3.8, 4) is 5.75 Å². The van der Waals surface area contributed by atoms with E-state index in [4.69, 9.17) is 4.74 Å². The molecule has 2 rings (SSSR count). The summed E-state index contributed by atoms with van der Waals surface area (Å²) in [6.07, 6.45) is 5.13. The minimum Gasteiger partial charge on any atom is -0.493 e. The molecule has 1 aromatic carbocycles. The average Bonchev–Trinajstić information content (AvgIpc) is 2.63. The Morgan fingerprint density at radius 2 is 2.00 bits per heavy atom. The Labute approximate surface area is 123 Å². The Balaban J connectivity index is 2.22. The Kier molecular flexibility index (Phi) is 5.09. The smallest absolute Gasteiger partial charge is 0.125 e. The highest BCUT2D eigenvalue weighted by Gasteiger charge is 2.35. The summed E-state index contributed by atoms with van der Waals surface area (Å²) in [5.74, 6) is 2.29. The van der Waals surface area contributed by atoms with Gasteiger partial charge in [-0.2, -0.15) is 0 Å². The second kappa shape index (κ2) is 6.62. The summed E-state index contributed by atoms with van der Waals surface area (Å²) in [6, 6.07) is 7.98. The summed E-state index contributed by atoms with van der Waals surface area (Å²) < 4.78 is 5.71. The first-order valence-electron chi connectivity index (χ1n) is 8.01. The molecule has 1 saturated carbocycles. The summed E-state index contributed by atoms with van der Waals surface area (Å²) in [7, 11) is 0. The highest BCUT2D eigenvalue weighted by molar-refractivity contribution is 5.38. The summed E-state index contributed by atoms with van der Waals surface area (Å²) >= 11 is 0. The molecule has 0 bridgehead atoms. The van der Waals surface area contributed by atoms with Crippen molar-refractivity contribution in [3.05, 3.63) is 29.8 Å². The van der Waals surface area contributed by atoms with Crippen LogP contribution in [0.3, 0.4) is 0 Å². The van der Waals surface area contributed by atoms with Gasteiger partial charge in [-0.15, -0.1) is 0 Å². The van der Waals surface area contributed by atoms with Gasteiger partial charge in [-0.05, 0) is 50.5 Å². The van der Waals surface area contributed by atoms with E-state index in [0.29, 0.717) is 12.5 Å². The highest BCUT2D eigenvalue weighted by Crippen LogP contribution is 2.42. The molecule has 0 aliphatic heterocycles. The molecule has 0 aromatic heterocycles. The van der Waals surface area contributed by atoms with Crippen LogP contribution in [0.15, 0.2) is 24.3 Å². The first-order chi connectivity index (χ1) is 9.57. The van der Waals surface area contributed by atoms with Crippen LogP contribution < -0.4 is 4.74 Å². The van der Waals surface area contributed by atoms with E-state index in [1.165, 1.54) is 6.42 Å². The van der Waals surface area contributed by atoms with Crippen LogP contribution in [0.2, 0.25) is 0 Å². The first-order valence-corrected chi connectivity index (χ1v) is 8.01. The van der Waals surface area contributed by atoms with Crippen LogP contribution in [0.4, 0.5) is 0 Å². The summed E-state index contributed by atoms with van der Waals surface area (Å²) in [5, 5.41) is 11.1. The molecule has 2 unspecified atom stereocenters. The van der Waals surface area contributed by atoms with Crippen LogP contribution >= 0.6 is 0 Å². The number of benzene rings is 1. The van der Waals surface area contributed by atoms with Crippen LogP contribution in [-0.4, -0.2) is 11.7 Å². The van der Waals surface area contributed by atoms with Crippen LogP contribution in [0.5, 0.6) is 5.75 Å². The van der Waals surface area contributed by atoms with E-state index < -0.39 is 5.60 Å². The Bertz CT molecular complexity index is 427. The maximum Gasteiger partial charge on any atom is 0.125 e. The molecule has 0 heterocycles. The predicted octanol–water partition coefficient (Wildman–Crippen LogP) is 4.51. The number of rotatable bonds is 4. The highest BCUT2D eigenvalue weighted by atomic mass is 16.5. The van der Waals surface area contributed by atoms with E-state index >= 15 is 0 Å². The number of ether oxygens (including phenoxy) is 1. The molecule has 20 heavy (non-hydrogen) atoms. The average molecular weight is 276 g/mol. The molecule has 0 spiro atoms. The monoisotopic (exact) mass is 276 g/mol. The summed E-state index contributed by atoms with van der Waals surface area (Å²) in [6.45, 7) is 7.22. The third-order valence-electron chi connectivity index (χ3n) is 4.73. The fraction of sp³-hybridized carbons (Fsp3) is 0.667. The van der Waals surface area contributed by atoms with Gasteiger partial charge < -0.3 is 9.84 Å². The first kappa shape index (κ1) is 15.4. The molecule has 1 aliphatic carbocycles. The van der Waals surface area contributed by atoms with Gasteiger partial charge in [0.25, 0.3) is 0 Å². The molecule has 1 aliphatic rings. The van der Waals surface area contributed by atoms with Crippen molar-refractivity contribution in [2.75, 3.05) is 6.61 Å². The number of aliphatic hydroxyl groups is 1. The van der Waals surface area contributed by atoms with Crippen molar-refractivity contribution < 1.29 is 9.84 Å². The molecule has 1 aromatic rings. The van der Waals surface area contributed by atoms with Crippen molar-refractivity contribution in [2.45, 2.75) is 58.5 Å². The lowest BCUT2D eigenvalue weighted by molar-refractivity contribution is 0.0165. The van der Waals surface area contributed by atoms with E-state index in [1.807, 2.05) is 31.2 Å². The largest absolute Gasteiger partial charge is 0.493 e. The minimum absolute atomic E-state index is 0.641. The second-order valence-corrected chi connectivity index (χ2v) is 6.40. The van der Waals surface area contributed by atoms with Gasteiger partial charge in [-0.3, -0.25) is 0 Å². The van der Waals surface area contributed by atoms with Gasteiger partial charge >= 0.3 is 0 Å². The standard InChI is InChI=1S/C18H28O2/c1-4-20-17-10-6-5-9-16(17)18(19)12-7-8-15(11-13-18)14(2)3/h5-6,9-10,14-15,19H,4,7-8,11-13H2,1-3H3. The predicted molar refractivity (Wildman–Crippen MR) is 82.9 cm³/mol. The van der Waals surface area contributed by atoms with Crippen LogP contribution in [0.1, 0.15) is 58.4 Å². The van der Waals surface area contributed by atoms with Crippen LogP contribution in [0.25, 0.3) is 0 Å². The molecule has 0 amide bonds. The normalized spacial score (nSPS) is 27.4. The van der Waals surface area contributed by atoms with Crippen LogP contribution in [-0.2, 0) is 5.60 Å². The van der Waals surface area contributed by atoms with E-state index in [-0.39, 0.29) is 0 Å². The molecule has 2 heteroatoms. The molecular weight excluding hydrogens is 248 g/mol. The van der Waals surface area contributed by atoms with Gasteiger partial charge in [0.1, 0.15) is 5.75 Å². The van der Waals surface area contributed by atoms with E-state index in [9.17, 15) is 5.11 Å². The molecule has 1 fully saturated rings. The van der Waals surface area contributed by atoms with E-state index in [2.05, 4.69) is 13.8 Å². The number of hydrogen-bond acceptors (Lipinski definition) is 2. The quantitative estimate of drug-likeness (QED) is 0.820. The molecule has 2 atom stereocenters. The fourth-order valence-electron chi connectivity index (χ4n) is 3.42. The number of para-hydroxylation sites is 1. The topological polar surface area (TPSA) is 29.5 Å². The van der Waals surface area contributed by atoms with Crippen molar-refractivity contribution in [1.82, 2.24) is 0 Å². The maximum atomic E-state index is 11.1. The fourth-order valence-corrected chi connectivity index (χ4v) is 3.42. The van der Waals surface area contributed by atoms with Gasteiger partial charge in [-0.1, -0.05) is 38.5 Å². The van der Waals surface area contributed by atoms with Gasteiger partial charge in [0, 0.05) is 5.56 Å². The minimum atomic E-state index is -0.713. The number of hydrogen-bond donors (Lipinski definition) is 1. The lowest BCUT2D eigenvalue weighted by Gasteiger charge is -2.29. The van der Waals surface area contributed by atoms with Crippen molar-refractivity contribution in [1.29, 1.82) is 0 Å². The second-order valence-electron chi connectivity index (χ2n) is 6.40. The Hall–Kier alpha value is -1.02. The van der Waals surface area contributed by atoms with E-state index in [1.54, 1.807) is 0 Å². The van der Waals surface area contributed by atoms with Crippen LogP contribution in [0, 0.1) is 11.8 Å². The zero-order valence-corrected chi connectivity index (χ0v) is 13.1. The Morgan fingerprint density at radius 3 is 2.70 bits per heavy atom. The third-order valence-corrected chi connectivity index (χ3v) is 4.73. The van der Waals surface area contributed by atoms with Gasteiger partial charge in [0.05, 0.1) is 12.2 Å². The maximum absolute atomic E-state index is 11.1. The summed E-state index contributed by atoms with van der Waals surface area (Å²) in [4.78, 5) is 0. The molecule has 0 radical (unpaired) electrons. The third kappa shape index (κ3) is 3.35. The molecule has 2 nitrogen and oxygen atoms in total. The summed E-state index contributed by atoms with van der Waals surface area (Å²) in [5.41, 5.74) is 0.265. The van der Waals surface area contributed by atoms with E-state index in [0.717, 1.165) is 42.9 Å². The molecule has 1 N–H and O–H groups in total. The zero-order valence-electron chi connectivity index (χ0n) is 13.1.